The number of methoxy groups -OCH3 is 2. The second-order valence-corrected chi connectivity index (χ2v) is 7.91. The average molecular weight is 554 g/mol. The van der Waals surface area contributed by atoms with Crippen LogP contribution in [-0.4, -0.2) is 55.2 Å². The Balaban J connectivity index is 0.000000707. The molecule has 1 aliphatic rings. The fourth-order valence-electron chi connectivity index (χ4n) is 3.22. The molecule has 0 unspecified atom stereocenters. The number of benzene rings is 1. The maximum atomic E-state index is 12.0. The van der Waals surface area contributed by atoms with Crippen molar-refractivity contribution in [2.45, 2.75) is 19.8 Å². The first-order chi connectivity index (χ1) is 14.9. The van der Waals surface area contributed by atoms with Crippen molar-refractivity contribution < 1.29 is 15.7 Å². The fraction of sp³-hybridized carbons (Fsp3) is 0.417. The molecule has 1 N–H and O–H groups in total. The molecule has 1 aromatic carbocycles. The second-order valence-electron chi connectivity index (χ2n) is 7.91. The van der Waals surface area contributed by atoms with Crippen LogP contribution in [0.2, 0.25) is 0 Å². The number of pyridine rings is 1. The summed E-state index contributed by atoms with van der Waals surface area (Å²) < 4.78 is 13.1. The van der Waals surface area contributed by atoms with Gasteiger partial charge in [-0.15, -0.1) is 24.0 Å². The zero-order valence-electron chi connectivity index (χ0n) is 19.6. The Hall–Kier alpha value is -2.33. The number of anilines is 1. The van der Waals surface area contributed by atoms with Gasteiger partial charge in [0, 0.05) is 19.8 Å². The van der Waals surface area contributed by atoms with E-state index < -0.39 is 0 Å². The number of nitrogens with one attached hydrogen (secondary N) is 1. The third kappa shape index (κ3) is 5.92. The van der Waals surface area contributed by atoms with E-state index in [1.807, 2.05) is 31.3 Å². The minimum Gasteiger partial charge on any atom is -0.496 e. The zero-order valence-corrected chi connectivity index (χ0v) is 22.0. The van der Waals surface area contributed by atoms with Gasteiger partial charge >= 0.3 is 0 Å². The number of carbonyl (C=O) groups excluding carboxylic acids is 1. The van der Waals surface area contributed by atoms with Crippen LogP contribution in [0.1, 0.15) is 21.2 Å². The summed E-state index contributed by atoms with van der Waals surface area (Å²) in [5.74, 6) is 2.27. The number of nitrogens with zero attached hydrogens (tertiary/aromatic N) is 3. The number of hydrogen-bond donors (Lipinski definition) is 1. The van der Waals surface area contributed by atoms with Gasteiger partial charge in [-0.3, -0.25) is 4.79 Å². The highest BCUT2D eigenvalue weighted by atomic mass is 127. The summed E-state index contributed by atoms with van der Waals surface area (Å²) in [6.45, 7) is 3.26. The van der Waals surface area contributed by atoms with Crippen molar-refractivity contribution in [3.63, 3.8) is 0 Å². The number of aromatic nitrogens is 2. The van der Waals surface area contributed by atoms with Crippen LogP contribution in [0.15, 0.2) is 36.5 Å². The lowest BCUT2D eigenvalue weighted by Crippen LogP contribution is -2.14. The van der Waals surface area contributed by atoms with E-state index in [-0.39, 0.29) is 37.2 Å². The molecule has 176 valence electrons. The van der Waals surface area contributed by atoms with Gasteiger partial charge in [-0.25, -0.2) is 4.98 Å². The predicted molar refractivity (Wildman–Crippen MR) is 142 cm³/mol. The van der Waals surface area contributed by atoms with Crippen LogP contribution in [0.3, 0.4) is 0 Å². The van der Waals surface area contributed by atoms with E-state index in [9.17, 15) is 4.79 Å². The summed E-state index contributed by atoms with van der Waals surface area (Å²) >= 11 is 0. The molecule has 0 bridgehead atoms. The number of ether oxygens (including phenoxy) is 2. The monoisotopic (exact) mass is 554 g/mol. The number of halogens is 1. The van der Waals surface area contributed by atoms with Crippen molar-refractivity contribution in [1.29, 1.82) is 0 Å². The Morgan fingerprint density at radius 2 is 1.81 bits per heavy atom. The predicted octanol–water partition coefficient (Wildman–Crippen LogP) is 5.04. The van der Waals surface area contributed by atoms with Gasteiger partial charge in [-0.2, -0.15) is 0 Å². The minimum absolute atomic E-state index is 0. The zero-order chi connectivity index (χ0) is 22.5. The number of amides is 1. The molecule has 0 aliphatic heterocycles. The summed E-state index contributed by atoms with van der Waals surface area (Å²) in [5.41, 5.74) is 2.82. The topological polar surface area (TPSA) is 68.6 Å². The van der Waals surface area contributed by atoms with Crippen LogP contribution < -0.4 is 14.8 Å². The van der Waals surface area contributed by atoms with Gasteiger partial charge < -0.3 is 24.3 Å². The van der Waals surface area contributed by atoms with Gasteiger partial charge in [0.15, 0.2) is 0 Å². The standard InChI is InChI=1S/C20H21N3O3.C4H11N.HI.H2/c1-23-14(19-16(25-2)5-4-6-17(19)26-3)9-13-10-18(21-11-15(13)23)22-20(24)12-7-8-12;1-4-5(2)3;;/h4-6,9-12H,7-8H2,1-3H3,(H,21,22,24);4H2,1-3H3;2*1H. The van der Waals surface area contributed by atoms with Gasteiger partial charge in [0.05, 0.1) is 37.2 Å². The van der Waals surface area contributed by atoms with Crippen LogP contribution in [0, 0.1) is 5.92 Å². The van der Waals surface area contributed by atoms with Crippen molar-refractivity contribution in [2.75, 3.05) is 40.2 Å². The van der Waals surface area contributed by atoms with Gasteiger partial charge in [0.2, 0.25) is 5.91 Å². The second kappa shape index (κ2) is 11.5. The lowest BCUT2D eigenvalue weighted by Gasteiger charge is -2.13. The Morgan fingerprint density at radius 1 is 1.22 bits per heavy atom. The van der Waals surface area contributed by atoms with Crippen molar-refractivity contribution >= 4 is 46.6 Å². The molecule has 32 heavy (non-hydrogen) atoms. The van der Waals surface area contributed by atoms with Gasteiger partial charge in [-0.1, -0.05) is 13.0 Å². The highest BCUT2D eigenvalue weighted by molar-refractivity contribution is 14.0. The SMILES string of the molecule is CCN(C)C.COc1cccc(OC)c1-c1cc2cc(NC(=O)C3CC3)ncc2n1C.I.[HH]. The molecule has 4 rings (SSSR count). The number of aryl methyl sites for hydroxylation is 1. The summed E-state index contributed by atoms with van der Waals surface area (Å²) in [4.78, 5) is 18.5. The van der Waals surface area contributed by atoms with Gasteiger partial charge in [0.25, 0.3) is 0 Å². The van der Waals surface area contributed by atoms with E-state index in [4.69, 9.17) is 9.47 Å². The maximum Gasteiger partial charge on any atom is 0.228 e. The normalized spacial score (nSPS) is 12.6. The number of carbonyl (C=O) groups is 1. The lowest BCUT2D eigenvalue weighted by molar-refractivity contribution is -0.117. The first kappa shape index (κ1) is 25.9. The Bertz CT molecular complexity index is 1050. The highest BCUT2D eigenvalue weighted by Gasteiger charge is 2.29. The highest BCUT2D eigenvalue weighted by Crippen LogP contribution is 2.40. The van der Waals surface area contributed by atoms with Crippen molar-refractivity contribution in [3.05, 3.63) is 36.5 Å². The molecule has 1 amide bonds. The molecule has 0 atom stereocenters. The molecule has 1 saturated carbocycles. The van der Waals surface area contributed by atoms with E-state index >= 15 is 0 Å². The fourth-order valence-corrected chi connectivity index (χ4v) is 3.22. The molecule has 2 heterocycles. The first-order valence-electron chi connectivity index (χ1n) is 10.5. The van der Waals surface area contributed by atoms with Crippen LogP contribution >= 0.6 is 24.0 Å². The molecular weight excluding hydrogens is 519 g/mol. The van der Waals surface area contributed by atoms with Crippen molar-refractivity contribution in [3.8, 4) is 22.8 Å². The molecule has 0 radical (unpaired) electrons. The smallest absolute Gasteiger partial charge is 0.228 e. The molecule has 1 fully saturated rings. The minimum atomic E-state index is 0. The number of rotatable bonds is 6. The van der Waals surface area contributed by atoms with E-state index in [1.165, 1.54) is 0 Å². The summed E-state index contributed by atoms with van der Waals surface area (Å²) in [6, 6.07) is 9.69. The van der Waals surface area contributed by atoms with E-state index in [1.54, 1.807) is 20.4 Å². The Kier molecular flexibility index (Phi) is 9.33. The molecule has 7 nitrogen and oxygen atoms in total. The van der Waals surface area contributed by atoms with E-state index in [2.05, 4.69) is 46.9 Å². The van der Waals surface area contributed by atoms with Crippen LogP contribution in [-0.2, 0) is 11.8 Å². The van der Waals surface area contributed by atoms with E-state index in [0.29, 0.717) is 5.82 Å². The Labute approximate surface area is 208 Å². The molecule has 1 aliphatic carbocycles. The third-order valence-electron chi connectivity index (χ3n) is 5.44. The van der Waals surface area contributed by atoms with Crippen LogP contribution in [0.25, 0.3) is 22.2 Å². The average Bonchev–Trinajstić information content (AvgIpc) is 3.58. The van der Waals surface area contributed by atoms with E-state index in [0.717, 1.165) is 53.0 Å². The van der Waals surface area contributed by atoms with Gasteiger partial charge in [-0.05, 0) is 57.7 Å². The molecule has 3 aromatic rings. The molecule has 0 saturated heterocycles. The first-order valence-corrected chi connectivity index (χ1v) is 10.5. The number of fused-ring (bicyclic) bond motifs is 1. The molecule has 0 spiro atoms. The summed E-state index contributed by atoms with van der Waals surface area (Å²) in [6.07, 6.45) is 3.72. The van der Waals surface area contributed by atoms with Crippen molar-refractivity contribution in [2.24, 2.45) is 13.0 Å². The van der Waals surface area contributed by atoms with Crippen LogP contribution in [0.5, 0.6) is 11.5 Å². The quantitative estimate of drug-likeness (QED) is 0.433. The molecule has 8 heteroatoms. The van der Waals surface area contributed by atoms with Crippen molar-refractivity contribution in [1.82, 2.24) is 14.5 Å². The maximum absolute atomic E-state index is 12.0. The summed E-state index contributed by atoms with van der Waals surface area (Å²) in [7, 11) is 9.38. The number of hydrogen-bond acceptors (Lipinski definition) is 5. The third-order valence-corrected chi connectivity index (χ3v) is 5.44. The van der Waals surface area contributed by atoms with Crippen LogP contribution in [0.4, 0.5) is 5.82 Å². The largest absolute Gasteiger partial charge is 0.496 e. The summed E-state index contributed by atoms with van der Waals surface area (Å²) in [5, 5.41) is 3.90. The molecule has 2 aromatic heterocycles. The molecular formula is C24H35IN4O3. The van der Waals surface area contributed by atoms with Gasteiger partial charge in [0.1, 0.15) is 17.3 Å². The lowest BCUT2D eigenvalue weighted by atomic mass is 10.1. The Morgan fingerprint density at radius 3 is 2.31 bits per heavy atom.